The number of hydrogen-bond donors (Lipinski definition) is 1. The molecule has 0 aliphatic rings. The van der Waals surface area contributed by atoms with Gasteiger partial charge in [0.15, 0.2) is 0 Å². The summed E-state index contributed by atoms with van der Waals surface area (Å²) in [6.07, 6.45) is 4.57. The molecule has 0 saturated heterocycles. The largest absolute Gasteiger partial charge is 0.463 e. The van der Waals surface area contributed by atoms with Crippen molar-refractivity contribution in [1.82, 2.24) is 5.32 Å². The van der Waals surface area contributed by atoms with Crippen LogP contribution in [0.5, 0.6) is 0 Å². The monoisotopic (exact) mass is 239 g/mol. The Morgan fingerprint density at radius 1 is 1.47 bits per heavy atom. The van der Waals surface area contributed by atoms with Gasteiger partial charge in [-0.05, 0) is 25.6 Å². The summed E-state index contributed by atoms with van der Waals surface area (Å²) in [4.78, 5) is 11.3. The highest BCUT2D eigenvalue weighted by Gasteiger charge is 2.16. The lowest BCUT2D eigenvalue weighted by Crippen LogP contribution is -2.15. The number of carbonyl (C=O) groups excluding carboxylic acids is 1. The Morgan fingerprint density at radius 2 is 2.24 bits per heavy atom. The SMILES string of the molecule is CCCCCC(NC)c1ccc(C(=O)OC)o1. The summed E-state index contributed by atoms with van der Waals surface area (Å²) in [6, 6.07) is 3.66. The van der Waals surface area contributed by atoms with Crippen LogP contribution in [-0.2, 0) is 4.74 Å². The maximum absolute atomic E-state index is 11.3. The molecular weight excluding hydrogens is 218 g/mol. The van der Waals surface area contributed by atoms with E-state index in [0.29, 0.717) is 0 Å². The van der Waals surface area contributed by atoms with Gasteiger partial charge in [-0.1, -0.05) is 26.2 Å². The first kappa shape index (κ1) is 13.8. The Hall–Kier alpha value is -1.29. The molecule has 0 aliphatic heterocycles. The molecule has 0 fully saturated rings. The smallest absolute Gasteiger partial charge is 0.373 e. The fourth-order valence-electron chi connectivity index (χ4n) is 1.78. The second-order valence-electron chi connectivity index (χ2n) is 4.03. The third-order valence-electron chi connectivity index (χ3n) is 2.80. The van der Waals surface area contributed by atoms with Crippen LogP contribution < -0.4 is 5.32 Å². The van der Waals surface area contributed by atoms with Gasteiger partial charge in [0.1, 0.15) is 5.76 Å². The van der Waals surface area contributed by atoms with Gasteiger partial charge >= 0.3 is 5.97 Å². The molecule has 0 radical (unpaired) electrons. The Kier molecular flexibility index (Phi) is 5.77. The Labute approximate surface area is 102 Å². The first-order chi connectivity index (χ1) is 8.22. The van der Waals surface area contributed by atoms with Gasteiger partial charge < -0.3 is 14.5 Å². The number of esters is 1. The fourth-order valence-corrected chi connectivity index (χ4v) is 1.78. The molecule has 1 unspecified atom stereocenters. The molecule has 96 valence electrons. The second-order valence-corrected chi connectivity index (χ2v) is 4.03. The molecule has 1 aromatic rings. The number of unbranched alkanes of at least 4 members (excludes halogenated alkanes) is 2. The number of rotatable bonds is 7. The normalized spacial score (nSPS) is 12.4. The first-order valence-corrected chi connectivity index (χ1v) is 6.08. The van der Waals surface area contributed by atoms with E-state index in [2.05, 4.69) is 17.0 Å². The molecule has 0 amide bonds. The molecule has 17 heavy (non-hydrogen) atoms. The van der Waals surface area contributed by atoms with Gasteiger partial charge in [0.2, 0.25) is 5.76 Å². The van der Waals surface area contributed by atoms with Crippen molar-refractivity contribution in [2.24, 2.45) is 0 Å². The zero-order valence-corrected chi connectivity index (χ0v) is 10.8. The van der Waals surface area contributed by atoms with Crippen molar-refractivity contribution < 1.29 is 13.9 Å². The lowest BCUT2D eigenvalue weighted by molar-refractivity contribution is 0.0562. The molecule has 4 heteroatoms. The molecule has 1 heterocycles. The van der Waals surface area contributed by atoms with Gasteiger partial charge in [0.25, 0.3) is 0 Å². The molecule has 4 nitrogen and oxygen atoms in total. The molecule has 0 aliphatic carbocycles. The van der Waals surface area contributed by atoms with Crippen LogP contribution in [0.15, 0.2) is 16.5 Å². The number of carbonyl (C=O) groups is 1. The van der Waals surface area contributed by atoms with Crippen LogP contribution >= 0.6 is 0 Å². The molecule has 1 atom stereocenters. The van der Waals surface area contributed by atoms with E-state index < -0.39 is 5.97 Å². The second kappa shape index (κ2) is 7.12. The minimum Gasteiger partial charge on any atom is -0.463 e. The van der Waals surface area contributed by atoms with Crippen LogP contribution in [0.4, 0.5) is 0 Å². The Bertz CT molecular complexity index is 346. The van der Waals surface area contributed by atoms with Gasteiger partial charge in [-0.3, -0.25) is 0 Å². The summed E-state index contributed by atoms with van der Waals surface area (Å²) >= 11 is 0. The van der Waals surface area contributed by atoms with Crippen molar-refractivity contribution in [3.8, 4) is 0 Å². The lowest BCUT2D eigenvalue weighted by atomic mass is 10.1. The van der Waals surface area contributed by atoms with Gasteiger partial charge in [0, 0.05) is 0 Å². The minimum atomic E-state index is -0.431. The summed E-state index contributed by atoms with van der Waals surface area (Å²) in [5.74, 6) is 0.627. The number of hydrogen-bond acceptors (Lipinski definition) is 4. The average Bonchev–Trinajstić information content (AvgIpc) is 2.83. The van der Waals surface area contributed by atoms with E-state index >= 15 is 0 Å². The summed E-state index contributed by atoms with van der Waals surface area (Å²) < 4.78 is 10.1. The molecule has 0 saturated carbocycles. The van der Waals surface area contributed by atoms with E-state index in [0.717, 1.165) is 18.6 Å². The third kappa shape index (κ3) is 3.89. The van der Waals surface area contributed by atoms with Gasteiger partial charge in [-0.25, -0.2) is 4.79 Å². The highest BCUT2D eigenvalue weighted by Crippen LogP contribution is 2.22. The first-order valence-electron chi connectivity index (χ1n) is 6.08. The van der Waals surface area contributed by atoms with Crippen LogP contribution in [0, 0.1) is 0 Å². The zero-order chi connectivity index (χ0) is 12.7. The number of furan rings is 1. The van der Waals surface area contributed by atoms with Crippen molar-refractivity contribution in [1.29, 1.82) is 0 Å². The average molecular weight is 239 g/mol. The quantitative estimate of drug-likeness (QED) is 0.587. The molecule has 0 bridgehead atoms. The van der Waals surface area contributed by atoms with Crippen molar-refractivity contribution >= 4 is 5.97 Å². The minimum absolute atomic E-state index is 0.167. The van der Waals surface area contributed by atoms with E-state index in [-0.39, 0.29) is 11.8 Å². The van der Waals surface area contributed by atoms with Crippen LogP contribution in [0.25, 0.3) is 0 Å². The molecule has 1 aromatic heterocycles. The number of methoxy groups -OCH3 is 1. The van der Waals surface area contributed by atoms with Crippen LogP contribution in [-0.4, -0.2) is 20.1 Å². The van der Waals surface area contributed by atoms with E-state index in [1.807, 2.05) is 13.1 Å². The van der Waals surface area contributed by atoms with Gasteiger partial charge in [-0.2, -0.15) is 0 Å². The topological polar surface area (TPSA) is 51.5 Å². The van der Waals surface area contributed by atoms with Crippen molar-refractivity contribution in [3.05, 3.63) is 23.7 Å². The Morgan fingerprint density at radius 3 is 2.82 bits per heavy atom. The van der Waals surface area contributed by atoms with Crippen LogP contribution in [0.1, 0.15) is 55.0 Å². The summed E-state index contributed by atoms with van der Waals surface area (Å²) in [6.45, 7) is 2.18. The van der Waals surface area contributed by atoms with Crippen LogP contribution in [0.2, 0.25) is 0 Å². The molecular formula is C13H21NO3. The molecule has 0 spiro atoms. The maximum Gasteiger partial charge on any atom is 0.373 e. The molecule has 1 N–H and O–H groups in total. The third-order valence-corrected chi connectivity index (χ3v) is 2.80. The van der Waals surface area contributed by atoms with Crippen LogP contribution in [0.3, 0.4) is 0 Å². The molecule has 0 aromatic carbocycles. The van der Waals surface area contributed by atoms with Crippen molar-refractivity contribution in [3.63, 3.8) is 0 Å². The van der Waals surface area contributed by atoms with E-state index in [1.54, 1.807) is 6.07 Å². The standard InChI is InChI=1S/C13H21NO3/c1-4-5-6-7-10(14-2)11-8-9-12(17-11)13(15)16-3/h8-10,14H,4-7H2,1-3H3. The zero-order valence-electron chi connectivity index (χ0n) is 10.8. The summed E-state index contributed by atoms with van der Waals surface area (Å²) in [5, 5.41) is 3.20. The van der Waals surface area contributed by atoms with E-state index in [4.69, 9.17) is 4.42 Å². The fraction of sp³-hybridized carbons (Fsp3) is 0.615. The van der Waals surface area contributed by atoms with Gasteiger partial charge in [0.05, 0.1) is 13.2 Å². The summed E-state index contributed by atoms with van der Waals surface area (Å²) in [5.41, 5.74) is 0. The highest BCUT2D eigenvalue weighted by molar-refractivity contribution is 5.86. The highest BCUT2D eigenvalue weighted by atomic mass is 16.5. The lowest BCUT2D eigenvalue weighted by Gasteiger charge is -2.12. The van der Waals surface area contributed by atoms with Gasteiger partial charge in [-0.15, -0.1) is 0 Å². The predicted molar refractivity (Wildman–Crippen MR) is 66.0 cm³/mol. The van der Waals surface area contributed by atoms with Crippen molar-refractivity contribution in [2.45, 2.75) is 38.6 Å². The summed E-state index contributed by atoms with van der Waals surface area (Å²) in [7, 11) is 3.25. The predicted octanol–water partition coefficient (Wildman–Crippen LogP) is 2.91. The van der Waals surface area contributed by atoms with E-state index in [9.17, 15) is 4.79 Å². The van der Waals surface area contributed by atoms with Crippen molar-refractivity contribution in [2.75, 3.05) is 14.2 Å². The van der Waals surface area contributed by atoms with E-state index in [1.165, 1.54) is 20.0 Å². The maximum atomic E-state index is 11.3. The number of nitrogens with one attached hydrogen (secondary N) is 1. The number of ether oxygens (including phenoxy) is 1. The Balaban J connectivity index is 2.62. The molecule has 1 rings (SSSR count).